The Morgan fingerprint density at radius 2 is 2.42 bits per heavy atom. The van der Waals surface area contributed by atoms with Crippen LogP contribution in [0.2, 0.25) is 0 Å². The molecule has 3 nitrogen and oxygen atoms in total. The lowest BCUT2D eigenvalue weighted by Gasteiger charge is -2.34. The SMILES string of the molecule is CC1(NCCCN)CCCOC1. The van der Waals surface area contributed by atoms with E-state index in [2.05, 4.69) is 12.2 Å². The van der Waals surface area contributed by atoms with Crippen molar-refractivity contribution in [3.63, 3.8) is 0 Å². The van der Waals surface area contributed by atoms with Gasteiger partial charge in [-0.25, -0.2) is 0 Å². The van der Waals surface area contributed by atoms with Crippen LogP contribution in [0, 0.1) is 0 Å². The van der Waals surface area contributed by atoms with Crippen LogP contribution in [0.3, 0.4) is 0 Å². The molecule has 1 aliphatic rings. The summed E-state index contributed by atoms with van der Waals surface area (Å²) < 4.78 is 5.42. The Morgan fingerprint density at radius 1 is 1.58 bits per heavy atom. The molecule has 1 saturated heterocycles. The zero-order valence-electron chi connectivity index (χ0n) is 7.94. The molecule has 1 aliphatic heterocycles. The van der Waals surface area contributed by atoms with Gasteiger partial charge in [-0.3, -0.25) is 0 Å². The summed E-state index contributed by atoms with van der Waals surface area (Å²) in [5.74, 6) is 0. The Balaban J connectivity index is 2.17. The molecule has 0 saturated carbocycles. The van der Waals surface area contributed by atoms with Gasteiger partial charge in [-0.05, 0) is 39.3 Å². The van der Waals surface area contributed by atoms with Crippen LogP contribution in [0.5, 0.6) is 0 Å². The van der Waals surface area contributed by atoms with Crippen molar-refractivity contribution >= 4 is 0 Å². The number of rotatable bonds is 4. The monoisotopic (exact) mass is 172 g/mol. The van der Waals surface area contributed by atoms with E-state index in [4.69, 9.17) is 10.5 Å². The van der Waals surface area contributed by atoms with E-state index in [1.54, 1.807) is 0 Å². The summed E-state index contributed by atoms with van der Waals surface area (Å²) in [6.45, 7) is 5.77. The minimum Gasteiger partial charge on any atom is -0.380 e. The van der Waals surface area contributed by atoms with Gasteiger partial charge in [-0.15, -0.1) is 0 Å². The molecule has 1 rings (SSSR count). The highest BCUT2D eigenvalue weighted by Crippen LogP contribution is 2.17. The lowest BCUT2D eigenvalue weighted by molar-refractivity contribution is 0.0287. The molecule has 1 fully saturated rings. The summed E-state index contributed by atoms with van der Waals surface area (Å²) in [5.41, 5.74) is 5.62. The third-order valence-electron chi connectivity index (χ3n) is 2.37. The Labute approximate surface area is 74.7 Å². The van der Waals surface area contributed by atoms with Gasteiger partial charge in [0.1, 0.15) is 0 Å². The maximum absolute atomic E-state index is 5.42. The normalized spacial score (nSPS) is 30.5. The molecule has 0 amide bonds. The quantitative estimate of drug-likeness (QED) is 0.607. The van der Waals surface area contributed by atoms with Crippen LogP contribution in [-0.2, 0) is 4.74 Å². The molecule has 3 heteroatoms. The second kappa shape index (κ2) is 4.80. The second-order valence-electron chi connectivity index (χ2n) is 3.79. The molecule has 0 aromatic heterocycles. The van der Waals surface area contributed by atoms with Gasteiger partial charge in [-0.2, -0.15) is 0 Å². The summed E-state index contributed by atoms with van der Waals surface area (Å²) >= 11 is 0. The Hall–Kier alpha value is -0.120. The number of hydrogen-bond acceptors (Lipinski definition) is 3. The molecule has 3 N–H and O–H groups in total. The van der Waals surface area contributed by atoms with Crippen molar-refractivity contribution < 1.29 is 4.74 Å². The molecule has 72 valence electrons. The molecular weight excluding hydrogens is 152 g/mol. The van der Waals surface area contributed by atoms with Crippen molar-refractivity contribution in [2.45, 2.75) is 31.7 Å². The van der Waals surface area contributed by atoms with Crippen LogP contribution in [0.15, 0.2) is 0 Å². The molecular formula is C9H20N2O. The van der Waals surface area contributed by atoms with Crippen molar-refractivity contribution in [3.8, 4) is 0 Å². The number of ether oxygens (including phenoxy) is 1. The van der Waals surface area contributed by atoms with Gasteiger partial charge in [-0.1, -0.05) is 0 Å². The van der Waals surface area contributed by atoms with Crippen molar-refractivity contribution in [1.29, 1.82) is 0 Å². The maximum Gasteiger partial charge on any atom is 0.0645 e. The lowest BCUT2D eigenvalue weighted by atomic mass is 9.95. The van der Waals surface area contributed by atoms with Crippen LogP contribution in [0.25, 0.3) is 0 Å². The first-order valence-electron chi connectivity index (χ1n) is 4.80. The van der Waals surface area contributed by atoms with Crippen molar-refractivity contribution in [3.05, 3.63) is 0 Å². The maximum atomic E-state index is 5.42. The summed E-state index contributed by atoms with van der Waals surface area (Å²) in [6.07, 6.45) is 3.44. The lowest BCUT2D eigenvalue weighted by Crippen LogP contribution is -2.49. The van der Waals surface area contributed by atoms with Gasteiger partial charge in [0.15, 0.2) is 0 Å². The standard InChI is InChI=1S/C9H20N2O/c1-9(11-6-3-5-10)4-2-7-12-8-9/h11H,2-8,10H2,1H3. The highest BCUT2D eigenvalue weighted by atomic mass is 16.5. The zero-order valence-corrected chi connectivity index (χ0v) is 7.94. The average Bonchev–Trinajstić information content (AvgIpc) is 2.06. The molecule has 0 aromatic carbocycles. The average molecular weight is 172 g/mol. The third-order valence-corrected chi connectivity index (χ3v) is 2.37. The molecule has 1 unspecified atom stereocenters. The molecule has 0 spiro atoms. The minimum absolute atomic E-state index is 0.202. The number of hydrogen-bond donors (Lipinski definition) is 2. The Bertz CT molecular complexity index is 122. The fraction of sp³-hybridized carbons (Fsp3) is 1.00. The van der Waals surface area contributed by atoms with Gasteiger partial charge in [0.25, 0.3) is 0 Å². The van der Waals surface area contributed by atoms with Gasteiger partial charge in [0.05, 0.1) is 6.61 Å². The topological polar surface area (TPSA) is 47.3 Å². The summed E-state index contributed by atoms with van der Waals surface area (Å²) in [5, 5.41) is 3.49. The molecule has 0 aromatic rings. The van der Waals surface area contributed by atoms with Crippen LogP contribution in [0.1, 0.15) is 26.2 Å². The molecule has 12 heavy (non-hydrogen) atoms. The number of nitrogens with two attached hydrogens (primary N) is 1. The second-order valence-corrected chi connectivity index (χ2v) is 3.79. The summed E-state index contributed by atoms with van der Waals surface area (Å²) in [4.78, 5) is 0. The molecule has 0 bridgehead atoms. The van der Waals surface area contributed by atoms with E-state index in [0.29, 0.717) is 0 Å². The first-order chi connectivity index (χ1) is 5.77. The minimum atomic E-state index is 0.202. The van der Waals surface area contributed by atoms with Crippen LogP contribution in [-0.4, -0.2) is 31.8 Å². The van der Waals surface area contributed by atoms with Crippen molar-refractivity contribution in [1.82, 2.24) is 5.32 Å². The molecule has 0 radical (unpaired) electrons. The largest absolute Gasteiger partial charge is 0.380 e. The van der Waals surface area contributed by atoms with Crippen LogP contribution < -0.4 is 11.1 Å². The molecule has 0 aliphatic carbocycles. The fourth-order valence-corrected chi connectivity index (χ4v) is 1.57. The summed E-state index contributed by atoms with van der Waals surface area (Å²) in [6, 6.07) is 0. The van der Waals surface area contributed by atoms with Gasteiger partial charge >= 0.3 is 0 Å². The van der Waals surface area contributed by atoms with Gasteiger partial charge in [0.2, 0.25) is 0 Å². The van der Waals surface area contributed by atoms with E-state index in [0.717, 1.165) is 32.7 Å². The fourth-order valence-electron chi connectivity index (χ4n) is 1.57. The predicted molar refractivity (Wildman–Crippen MR) is 50.1 cm³/mol. The molecule has 1 heterocycles. The predicted octanol–water partition coefficient (Wildman–Crippen LogP) is 0.494. The number of nitrogens with one attached hydrogen (secondary N) is 1. The van der Waals surface area contributed by atoms with E-state index in [9.17, 15) is 0 Å². The first kappa shape index (κ1) is 9.96. The van der Waals surface area contributed by atoms with E-state index < -0.39 is 0 Å². The summed E-state index contributed by atoms with van der Waals surface area (Å²) in [7, 11) is 0. The van der Waals surface area contributed by atoms with Crippen LogP contribution >= 0.6 is 0 Å². The highest BCUT2D eigenvalue weighted by Gasteiger charge is 2.26. The smallest absolute Gasteiger partial charge is 0.0645 e. The highest BCUT2D eigenvalue weighted by molar-refractivity contribution is 4.85. The van der Waals surface area contributed by atoms with Gasteiger partial charge < -0.3 is 15.8 Å². The van der Waals surface area contributed by atoms with E-state index in [1.165, 1.54) is 12.8 Å². The van der Waals surface area contributed by atoms with E-state index >= 15 is 0 Å². The van der Waals surface area contributed by atoms with Crippen LogP contribution in [0.4, 0.5) is 0 Å². The molecule has 1 atom stereocenters. The van der Waals surface area contributed by atoms with E-state index in [1.807, 2.05) is 0 Å². The zero-order chi connectivity index (χ0) is 8.86. The van der Waals surface area contributed by atoms with Crippen molar-refractivity contribution in [2.24, 2.45) is 5.73 Å². The Morgan fingerprint density at radius 3 is 3.00 bits per heavy atom. The van der Waals surface area contributed by atoms with Gasteiger partial charge in [0, 0.05) is 12.1 Å². The van der Waals surface area contributed by atoms with E-state index in [-0.39, 0.29) is 5.54 Å². The van der Waals surface area contributed by atoms with Crippen molar-refractivity contribution in [2.75, 3.05) is 26.3 Å². The third kappa shape index (κ3) is 3.09. The first-order valence-corrected chi connectivity index (χ1v) is 4.80. The Kier molecular flexibility index (Phi) is 3.98.